The predicted molar refractivity (Wildman–Crippen MR) is 92.0 cm³/mol. The maximum Gasteiger partial charge on any atom is 0.303 e. The third kappa shape index (κ3) is 1.79. The first-order valence-corrected chi connectivity index (χ1v) is 8.99. The van der Waals surface area contributed by atoms with Gasteiger partial charge in [0.25, 0.3) is 0 Å². The molecular weight excluding hydrogens is 318 g/mol. The van der Waals surface area contributed by atoms with Crippen LogP contribution in [0.25, 0.3) is 0 Å². The van der Waals surface area contributed by atoms with Gasteiger partial charge >= 0.3 is 5.97 Å². The zero-order valence-corrected chi connectivity index (χ0v) is 14.8. The van der Waals surface area contributed by atoms with Crippen molar-refractivity contribution >= 4 is 5.97 Å². The van der Waals surface area contributed by atoms with E-state index in [9.17, 15) is 4.79 Å². The van der Waals surface area contributed by atoms with Crippen LogP contribution in [-0.4, -0.2) is 49.8 Å². The maximum atomic E-state index is 11.6. The van der Waals surface area contributed by atoms with Crippen LogP contribution < -0.4 is 9.47 Å². The van der Waals surface area contributed by atoms with E-state index in [1.165, 1.54) is 18.1 Å². The largest absolute Gasteiger partial charge is 0.493 e. The van der Waals surface area contributed by atoms with Crippen molar-refractivity contribution in [1.82, 2.24) is 4.90 Å². The van der Waals surface area contributed by atoms with Crippen molar-refractivity contribution in [3.63, 3.8) is 0 Å². The molecule has 1 fully saturated rings. The minimum atomic E-state index is -0.346. The van der Waals surface area contributed by atoms with Crippen LogP contribution in [0.1, 0.15) is 24.5 Å². The molecule has 5 rings (SSSR count). The molecule has 2 bridgehead atoms. The Morgan fingerprint density at radius 3 is 2.96 bits per heavy atom. The lowest BCUT2D eigenvalue weighted by atomic mass is 9.53. The molecule has 2 aliphatic heterocycles. The molecule has 0 unspecified atom stereocenters. The minimum absolute atomic E-state index is 0.122. The minimum Gasteiger partial charge on any atom is -0.493 e. The number of carbonyl (C=O) groups is 1. The lowest BCUT2D eigenvalue weighted by molar-refractivity contribution is -0.152. The number of piperidine rings is 1. The number of benzene rings is 1. The average molecular weight is 341 g/mol. The molecule has 0 saturated carbocycles. The van der Waals surface area contributed by atoms with E-state index in [-0.39, 0.29) is 23.6 Å². The Morgan fingerprint density at radius 2 is 2.20 bits per heavy atom. The number of ether oxygens (including phenoxy) is 3. The van der Waals surface area contributed by atoms with E-state index in [0.29, 0.717) is 12.0 Å². The molecule has 4 aliphatic rings. The molecule has 0 aromatic heterocycles. The zero-order valence-electron chi connectivity index (χ0n) is 14.8. The summed E-state index contributed by atoms with van der Waals surface area (Å²) in [5.74, 6) is 1.75. The van der Waals surface area contributed by atoms with Crippen LogP contribution in [0.15, 0.2) is 24.3 Å². The summed E-state index contributed by atoms with van der Waals surface area (Å²) in [7, 11) is 3.89. The van der Waals surface area contributed by atoms with Gasteiger partial charge in [0.2, 0.25) is 0 Å². The number of methoxy groups -OCH3 is 1. The summed E-state index contributed by atoms with van der Waals surface area (Å²) in [5.41, 5.74) is 2.53. The van der Waals surface area contributed by atoms with Crippen LogP contribution in [-0.2, 0) is 21.4 Å². The summed E-state index contributed by atoms with van der Waals surface area (Å²) in [6.45, 7) is 2.49. The highest BCUT2D eigenvalue weighted by molar-refractivity contribution is 5.67. The summed E-state index contributed by atoms with van der Waals surface area (Å²) in [6.07, 6.45) is 5.81. The smallest absolute Gasteiger partial charge is 0.303 e. The molecule has 1 aromatic rings. The Hall–Kier alpha value is -2.01. The normalized spacial score (nSPS) is 37.2. The molecule has 1 saturated heterocycles. The Balaban J connectivity index is 1.74. The number of likely N-dealkylation sites (N-methyl/N-ethyl adjacent to an activating group) is 1. The second-order valence-electron chi connectivity index (χ2n) is 7.70. The number of hydrogen-bond donors (Lipinski definition) is 0. The van der Waals surface area contributed by atoms with Gasteiger partial charge in [0.1, 0.15) is 6.10 Å². The number of carbonyl (C=O) groups excluding carboxylic acids is 1. The van der Waals surface area contributed by atoms with E-state index in [1.54, 1.807) is 7.11 Å². The third-order valence-corrected chi connectivity index (χ3v) is 6.64. The van der Waals surface area contributed by atoms with E-state index in [0.717, 1.165) is 30.9 Å². The van der Waals surface area contributed by atoms with Crippen molar-refractivity contribution < 1.29 is 19.0 Å². The van der Waals surface area contributed by atoms with Gasteiger partial charge in [-0.25, -0.2) is 0 Å². The van der Waals surface area contributed by atoms with Crippen LogP contribution in [0.5, 0.6) is 11.5 Å². The first-order valence-electron chi connectivity index (χ1n) is 8.99. The third-order valence-electron chi connectivity index (χ3n) is 6.64. The van der Waals surface area contributed by atoms with Crippen LogP contribution in [0.4, 0.5) is 0 Å². The monoisotopic (exact) mass is 341 g/mol. The van der Waals surface area contributed by atoms with Crippen LogP contribution in [0.2, 0.25) is 0 Å². The number of esters is 1. The molecule has 1 spiro atoms. The van der Waals surface area contributed by atoms with E-state index >= 15 is 0 Å². The van der Waals surface area contributed by atoms with Crippen molar-refractivity contribution in [3.05, 3.63) is 35.4 Å². The Labute approximate surface area is 147 Å². The van der Waals surface area contributed by atoms with Crippen LogP contribution in [0, 0.1) is 5.92 Å². The van der Waals surface area contributed by atoms with Gasteiger partial charge in [-0.3, -0.25) is 4.79 Å². The van der Waals surface area contributed by atoms with Gasteiger partial charge in [-0.1, -0.05) is 12.1 Å². The molecule has 2 aliphatic carbocycles. The number of hydrogen-bond acceptors (Lipinski definition) is 5. The second-order valence-corrected chi connectivity index (χ2v) is 7.70. The summed E-state index contributed by atoms with van der Waals surface area (Å²) in [4.78, 5) is 14.1. The van der Waals surface area contributed by atoms with Crippen molar-refractivity contribution in [1.29, 1.82) is 0 Å². The molecule has 5 atom stereocenters. The van der Waals surface area contributed by atoms with Gasteiger partial charge in [-0.2, -0.15) is 0 Å². The molecule has 1 aromatic carbocycles. The van der Waals surface area contributed by atoms with Crippen LogP contribution in [0.3, 0.4) is 0 Å². The predicted octanol–water partition coefficient (Wildman–Crippen LogP) is 2.07. The van der Waals surface area contributed by atoms with Crippen molar-refractivity contribution in [2.75, 3.05) is 20.7 Å². The lowest BCUT2D eigenvalue weighted by Gasteiger charge is -2.56. The van der Waals surface area contributed by atoms with E-state index in [4.69, 9.17) is 14.2 Å². The highest BCUT2D eigenvalue weighted by atomic mass is 16.6. The first-order chi connectivity index (χ1) is 12.1. The number of nitrogens with zero attached hydrogens (tertiary/aromatic N) is 1. The lowest BCUT2D eigenvalue weighted by Crippen LogP contribution is -2.65. The van der Waals surface area contributed by atoms with Crippen molar-refractivity contribution in [3.8, 4) is 11.5 Å². The summed E-state index contributed by atoms with van der Waals surface area (Å²) >= 11 is 0. The molecule has 132 valence electrons. The molecule has 25 heavy (non-hydrogen) atoms. The fourth-order valence-electron chi connectivity index (χ4n) is 5.66. The SMILES string of the molecule is COc1ccc2c3c1O[C@H]1[C@H](OC(C)=O)C=C[C@H]4[C@@H](C2)N(C)CC[C@@]341. The first kappa shape index (κ1) is 15.3. The zero-order chi connectivity index (χ0) is 17.3. The highest BCUT2D eigenvalue weighted by Crippen LogP contribution is 2.62. The second kappa shape index (κ2) is 5.01. The molecule has 0 N–H and O–H groups in total. The highest BCUT2D eigenvalue weighted by Gasteiger charge is 2.65. The van der Waals surface area contributed by atoms with Crippen molar-refractivity contribution in [2.24, 2.45) is 5.92 Å². The molecule has 0 radical (unpaired) electrons. The Morgan fingerprint density at radius 1 is 1.36 bits per heavy atom. The molecule has 5 heteroatoms. The topological polar surface area (TPSA) is 48.0 Å². The fourth-order valence-corrected chi connectivity index (χ4v) is 5.66. The quantitative estimate of drug-likeness (QED) is 0.609. The molecular formula is C20H23NO4. The van der Waals surface area contributed by atoms with Gasteiger partial charge in [0.05, 0.1) is 7.11 Å². The Bertz CT molecular complexity index is 788. The number of rotatable bonds is 2. The van der Waals surface area contributed by atoms with E-state index in [1.807, 2.05) is 12.1 Å². The average Bonchev–Trinajstić information content (AvgIpc) is 2.94. The molecule has 0 amide bonds. The summed E-state index contributed by atoms with van der Waals surface area (Å²) in [6, 6.07) is 4.65. The molecule has 2 heterocycles. The van der Waals surface area contributed by atoms with E-state index < -0.39 is 0 Å². The van der Waals surface area contributed by atoms with Gasteiger partial charge < -0.3 is 19.1 Å². The van der Waals surface area contributed by atoms with Gasteiger partial charge in [0.15, 0.2) is 17.6 Å². The summed E-state index contributed by atoms with van der Waals surface area (Å²) < 4.78 is 17.7. The van der Waals surface area contributed by atoms with E-state index in [2.05, 4.69) is 24.1 Å². The standard InChI is InChI=1S/C20H23NO4/c1-11(22)24-16-7-5-13-14-10-12-4-6-15(23-3)18-17(12)20(13,19(16)25-18)8-9-21(14)2/h4-7,13-14,16,19H,8-10H2,1-3H3/t13-,14+,16+,19-,20-/m0/s1. The van der Waals surface area contributed by atoms with Gasteiger partial charge in [0, 0.05) is 29.9 Å². The summed E-state index contributed by atoms with van der Waals surface area (Å²) in [5, 5.41) is 0. The Kier molecular flexibility index (Phi) is 3.06. The van der Waals surface area contributed by atoms with Gasteiger partial charge in [-0.15, -0.1) is 0 Å². The fraction of sp³-hybridized carbons (Fsp3) is 0.550. The van der Waals surface area contributed by atoms with Gasteiger partial charge in [-0.05, 0) is 44.1 Å². The van der Waals surface area contributed by atoms with Crippen LogP contribution >= 0.6 is 0 Å². The van der Waals surface area contributed by atoms with Crippen molar-refractivity contribution in [2.45, 2.75) is 43.4 Å². The number of likely N-dealkylation sites (tertiary alicyclic amines) is 1. The molecule has 5 nitrogen and oxygen atoms in total. The maximum absolute atomic E-state index is 11.6.